The molecular formula is C11H10BrNS. The lowest BCUT2D eigenvalue weighted by Crippen LogP contribution is -1.82. The number of halogens is 1. The lowest BCUT2D eigenvalue weighted by atomic mass is 10.0. The van der Waals surface area contributed by atoms with Crippen LogP contribution in [-0.2, 0) is 0 Å². The molecule has 0 spiro atoms. The molecule has 0 radical (unpaired) electrons. The highest BCUT2D eigenvalue weighted by molar-refractivity contribution is 9.11. The molecule has 0 atom stereocenters. The number of aryl methyl sites for hydroxylation is 2. The van der Waals surface area contributed by atoms with Gasteiger partial charge in [0, 0.05) is 5.56 Å². The topological polar surface area (TPSA) is 12.9 Å². The lowest BCUT2D eigenvalue weighted by molar-refractivity contribution is 1.33. The van der Waals surface area contributed by atoms with Gasteiger partial charge in [-0.3, -0.25) is 0 Å². The van der Waals surface area contributed by atoms with E-state index < -0.39 is 0 Å². The minimum atomic E-state index is 1.05. The number of nitrogens with zero attached hydrogens (tertiary/aromatic N) is 1. The van der Waals surface area contributed by atoms with Gasteiger partial charge in [-0.2, -0.15) is 4.37 Å². The molecule has 2 aromatic rings. The number of hydrogen-bond donors (Lipinski definition) is 0. The fraction of sp³-hybridized carbons (Fsp3) is 0.182. The van der Waals surface area contributed by atoms with E-state index in [1.165, 1.54) is 28.2 Å². The standard InChI is InChI=1S/C11H10BrNS/c1-7-3-4-9(5-8(7)2)10-6-11(12)14-13-10/h3-6H,1-2H3. The fourth-order valence-electron chi connectivity index (χ4n) is 1.29. The summed E-state index contributed by atoms with van der Waals surface area (Å²) in [5.74, 6) is 0. The summed E-state index contributed by atoms with van der Waals surface area (Å²) < 4.78 is 5.43. The van der Waals surface area contributed by atoms with E-state index in [-0.39, 0.29) is 0 Å². The average molecular weight is 268 g/mol. The Bertz CT molecular complexity index is 462. The molecule has 0 saturated heterocycles. The normalized spacial score (nSPS) is 10.5. The molecule has 0 N–H and O–H groups in total. The molecule has 0 aliphatic rings. The number of benzene rings is 1. The number of hydrogen-bond acceptors (Lipinski definition) is 2. The van der Waals surface area contributed by atoms with Crippen LogP contribution in [0.1, 0.15) is 11.1 Å². The van der Waals surface area contributed by atoms with Gasteiger partial charge in [0.25, 0.3) is 0 Å². The van der Waals surface area contributed by atoms with Crippen LogP contribution in [0.2, 0.25) is 0 Å². The first kappa shape index (κ1) is 9.87. The molecule has 0 amide bonds. The van der Waals surface area contributed by atoms with Gasteiger partial charge in [0.2, 0.25) is 0 Å². The van der Waals surface area contributed by atoms with Crippen molar-refractivity contribution in [3.05, 3.63) is 39.2 Å². The number of aromatic nitrogens is 1. The molecule has 0 unspecified atom stereocenters. The molecular weight excluding hydrogens is 258 g/mol. The third kappa shape index (κ3) is 1.88. The molecule has 0 fully saturated rings. The van der Waals surface area contributed by atoms with Gasteiger partial charge in [-0.25, -0.2) is 0 Å². The van der Waals surface area contributed by atoms with Crippen LogP contribution in [-0.4, -0.2) is 4.37 Å². The Morgan fingerprint density at radius 2 is 1.93 bits per heavy atom. The molecule has 0 aliphatic carbocycles. The van der Waals surface area contributed by atoms with Gasteiger partial charge in [-0.15, -0.1) is 0 Å². The Labute approximate surface area is 96.1 Å². The molecule has 0 saturated carbocycles. The Morgan fingerprint density at radius 3 is 2.50 bits per heavy atom. The Balaban J connectivity index is 2.47. The first-order chi connectivity index (χ1) is 6.66. The second-order valence-electron chi connectivity index (χ2n) is 3.32. The van der Waals surface area contributed by atoms with E-state index in [1.54, 1.807) is 0 Å². The van der Waals surface area contributed by atoms with E-state index in [9.17, 15) is 0 Å². The first-order valence-corrected chi connectivity index (χ1v) is 5.93. The van der Waals surface area contributed by atoms with Crippen LogP contribution in [0.4, 0.5) is 0 Å². The lowest BCUT2D eigenvalue weighted by Gasteiger charge is -2.01. The van der Waals surface area contributed by atoms with Crippen molar-refractivity contribution in [2.45, 2.75) is 13.8 Å². The molecule has 1 heterocycles. The molecule has 1 nitrogen and oxygen atoms in total. The van der Waals surface area contributed by atoms with Crippen molar-refractivity contribution in [1.82, 2.24) is 4.37 Å². The molecule has 3 heteroatoms. The predicted molar refractivity (Wildman–Crippen MR) is 64.7 cm³/mol. The minimum Gasteiger partial charge on any atom is -0.191 e. The SMILES string of the molecule is Cc1ccc(-c2cc(Br)sn2)cc1C. The smallest absolute Gasteiger partial charge is 0.0911 e. The van der Waals surface area contributed by atoms with Gasteiger partial charge in [0.15, 0.2) is 0 Å². The Morgan fingerprint density at radius 1 is 1.14 bits per heavy atom. The van der Waals surface area contributed by atoms with Gasteiger partial charge < -0.3 is 0 Å². The molecule has 1 aromatic carbocycles. The molecule has 2 rings (SSSR count). The van der Waals surface area contributed by atoms with Crippen LogP contribution < -0.4 is 0 Å². The van der Waals surface area contributed by atoms with Crippen molar-refractivity contribution in [2.24, 2.45) is 0 Å². The highest BCUT2D eigenvalue weighted by Crippen LogP contribution is 2.26. The largest absolute Gasteiger partial charge is 0.191 e. The van der Waals surface area contributed by atoms with Crippen molar-refractivity contribution >= 4 is 27.5 Å². The second kappa shape index (κ2) is 3.83. The summed E-state index contributed by atoms with van der Waals surface area (Å²) in [6.07, 6.45) is 0. The maximum atomic E-state index is 4.35. The van der Waals surface area contributed by atoms with Gasteiger partial charge in [-0.1, -0.05) is 12.1 Å². The van der Waals surface area contributed by atoms with Crippen LogP contribution in [0.3, 0.4) is 0 Å². The van der Waals surface area contributed by atoms with E-state index in [0.717, 1.165) is 9.48 Å². The van der Waals surface area contributed by atoms with Gasteiger partial charge in [0.05, 0.1) is 9.48 Å². The van der Waals surface area contributed by atoms with Crippen molar-refractivity contribution in [3.8, 4) is 11.3 Å². The second-order valence-corrected chi connectivity index (χ2v) is 5.50. The van der Waals surface area contributed by atoms with Gasteiger partial charge in [-0.05, 0) is 64.6 Å². The number of rotatable bonds is 1. The predicted octanol–water partition coefficient (Wildman–Crippen LogP) is 4.19. The van der Waals surface area contributed by atoms with E-state index in [0.29, 0.717) is 0 Å². The molecule has 0 aliphatic heterocycles. The summed E-state index contributed by atoms with van der Waals surface area (Å²) in [7, 11) is 0. The third-order valence-electron chi connectivity index (χ3n) is 2.28. The maximum Gasteiger partial charge on any atom is 0.0911 e. The van der Waals surface area contributed by atoms with Crippen LogP contribution in [0.15, 0.2) is 28.1 Å². The summed E-state index contributed by atoms with van der Waals surface area (Å²) in [6, 6.07) is 8.48. The summed E-state index contributed by atoms with van der Waals surface area (Å²) in [6.45, 7) is 4.25. The van der Waals surface area contributed by atoms with Crippen molar-refractivity contribution < 1.29 is 0 Å². The summed E-state index contributed by atoms with van der Waals surface area (Å²) in [5, 5.41) is 0. The zero-order chi connectivity index (χ0) is 10.1. The van der Waals surface area contributed by atoms with Crippen molar-refractivity contribution in [3.63, 3.8) is 0 Å². The molecule has 0 bridgehead atoms. The van der Waals surface area contributed by atoms with Crippen molar-refractivity contribution in [1.29, 1.82) is 0 Å². The fourth-order valence-corrected chi connectivity index (χ4v) is 2.23. The van der Waals surface area contributed by atoms with Crippen LogP contribution in [0.25, 0.3) is 11.3 Å². The first-order valence-electron chi connectivity index (χ1n) is 4.36. The van der Waals surface area contributed by atoms with Crippen LogP contribution in [0, 0.1) is 13.8 Å². The van der Waals surface area contributed by atoms with E-state index >= 15 is 0 Å². The third-order valence-corrected chi connectivity index (χ3v) is 3.53. The van der Waals surface area contributed by atoms with E-state index in [1.807, 2.05) is 0 Å². The Hall–Kier alpha value is -0.670. The summed E-state index contributed by atoms with van der Waals surface area (Å²) in [5.41, 5.74) is 4.87. The summed E-state index contributed by atoms with van der Waals surface area (Å²) >= 11 is 4.89. The monoisotopic (exact) mass is 267 g/mol. The van der Waals surface area contributed by atoms with Gasteiger partial charge in [0.1, 0.15) is 0 Å². The van der Waals surface area contributed by atoms with E-state index in [4.69, 9.17) is 0 Å². The molecule has 14 heavy (non-hydrogen) atoms. The minimum absolute atomic E-state index is 1.05. The maximum absolute atomic E-state index is 4.35. The van der Waals surface area contributed by atoms with E-state index in [2.05, 4.69) is 58.4 Å². The molecule has 1 aromatic heterocycles. The highest BCUT2D eigenvalue weighted by Gasteiger charge is 2.03. The highest BCUT2D eigenvalue weighted by atomic mass is 79.9. The summed E-state index contributed by atoms with van der Waals surface area (Å²) in [4.78, 5) is 0. The zero-order valence-electron chi connectivity index (χ0n) is 8.04. The van der Waals surface area contributed by atoms with Crippen LogP contribution >= 0.6 is 27.5 Å². The quantitative estimate of drug-likeness (QED) is 0.755. The average Bonchev–Trinajstić information content (AvgIpc) is 2.57. The molecule has 72 valence electrons. The van der Waals surface area contributed by atoms with Gasteiger partial charge >= 0.3 is 0 Å². The van der Waals surface area contributed by atoms with Crippen LogP contribution in [0.5, 0.6) is 0 Å². The van der Waals surface area contributed by atoms with Crippen molar-refractivity contribution in [2.75, 3.05) is 0 Å². The Kier molecular flexibility index (Phi) is 2.70. The zero-order valence-corrected chi connectivity index (χ0v) is 10.4.